The quantitative estimate of drug-likeness (QED) is 0.647. The molecular weight excluding hydrogens is 174 g/mol. The Balaban J connectivity index is 3.24. The second-order valence-corrected chi connectivity index (χ2v) is 2.63. The van der Waals surface area contributed by atoms with Gasteiger partial charge in [-0.05, 0) is 18.2 Å². The van der Waals surface area contributed by atoms with Crippen molar-refractivity contribution < 1.29 is 4.79 Å². The van der Waals surface area contributed by atoms with Crippen LogP contribution in [0.5, 0.6) is 0 Å². The van der Waals surface area contributed by atoms with E-state index < -0.39 is 0 Å². The highest BCUT2D eigenvalue weighted by atomic mass is 16.1. The van der Waals surface area contributed by atoms with Crippen LogP contribution in [0.25, 0.3) is 0 Å². The second kappa shape index (κ2) is 4.16. The van der Waals surface area contributed by atoms with E-state index in [0.717, 1.165) is 0 Å². The highest BCUT2D eigenvalue weighted by Crippen LogP contribution is 2.09. The van der Waals surface area contributed by atoms with Crippen molar-refractivity contribution in [3.8, 4) is 24.7 Å². The summed E-state index contributed by atoms with van der Waals surface area (Å²) in [4.78, 5) is 11.2. The minimum absolute atomic E-state index is 0.176. The Labute approximate surface area is 83.3 Å². The van der Waals surface area contributed by atoms with Crippen molar-refractivity contribution in [3.05, 3.63) is 34.9 Å². The van der Waals surface area contributed by atoms with Crippen molar-refractivity contribution in [1.82, 2.24) is 5.32 Å². The molecule has 0 aliphatic carbocycles. The van der Waals surface area contributed by atoms with Gasteiger partial charge >= 0.3 is 0 Å². The third-order valence-corrected chi connectivity index (χ3v) is 1.82. The third kappa shape index (κ3) is 1.76. The maximum Gasteiger partial charge on any atom is 0.251 e. The first kappa shape index (κ1) is 9.89. The van der Waals surface area contributed by atoms with E-state index in [-0.39, 0.29) is 5.91 Å². The van der Waals surface area contributed by atoms with Crippen molar-refractivity contribution in [2.24, 2.45) is 0 Å². The molecule has 0 spiro atoms. The lowest BCUT2D eigenvalue weighted by Crippen LogP contribution is -2.17. The Morgan fingerprint density at radius 3 is 2.43 bits per heavy atom. The highest BCUT2D eigenvalue weighted by molar-refractivity contribution is 5.94. The molecule has 1 rings (SSSR count). The largest absolute Gasteiger partial charge is 0.355 e. The molecule has 0 fully saturated rings. The number of rotatable bonds is 1. The predicted octanol–water partition coefficient (Wildman–Crippen LogP) is 1.01. The van der Waals surface area contributed by atoms with E-state index in [1.807, 2.05) is 0 Å². The average molecular weight is 183 g/mol. The molecule has 0 heterocycles. The van der Waals surface area contributed by atoms with Gasteiger partial charge in [0.25, 0.3) is 5.91 Å². The van der Waals surface area contributed by atoms with Crippen LogP contribution in [0.1, 0.15) is 21.5 Å². The summed E-state index contributed by atoms with van der Waals surface area (Å²) in [5.41, 5.74) is 1.70. The number of benzene rings is 1. The lowest BCUT2D eigenvalue weighted by atomic mass is 10.0. The minimum atomic E-state index is -0.176. The summed E-state index contributed by atoms with van der Waals surface area (Å²) < 4.78 is 0. The zero-order valence-electron chi connectivity index (χ0n) is 7.79. The Kier molecular flexibility index (Phi) is 2.94. The predicted molar refractivity (Wildman–Crippen MR) is 55.7 cm³/mol. The molecule has 1 N–H and O–H groups in total. The molecule has 14 heavy (non-hydrogen) atoms. The first-order valence-electron chi connectivity index (χ1n) is 4.02. The summed E-state index contributed by atoms with van der Waals surface area (Å²) in [5.74, 6) is 4.72. The van der Waals surface area contributed by atoms with Crippen molar-refractivity contribution in [1.29, 1.82) is 0 Å². The number of amides is 1. The maximum atomic E-state index is 11.2. The van der Waals surface area contributed by atoms with Crippen LogP contribution >= 0.6 is 0 Å². The number of carbonyl (C=O) groups excluding carboxylic acids is 1. The van der Waals surface area contributed by atoms with Gasteiger partial charge in [-0.25, -0.2) is 0 Å². The summed E-state index contributed by atoms with van der Waals surface area (Å²) in [7, 11) is 1.56. The van der Waals surface area contributed by atoms with Gasteiger partial charge in [-0.1, -0.05) is 11.8 Å². The number of hydrogen-bond donors (Lipinski definition) is 1. The van der Waals surface area contributed by atoms with Gasteiger partial charge in [0.2, 0.25) is 0 Å². The van der Waals surface area contributed by atoms with Crippen molar-refractivity contribution in [2.75, 3.05) is 7.05 Å². The van der Waals surface area contributed by atoms with E-state index >= 15 is 0 Å². The van der Waals surface area contributed by atoms with Crippen molar-refractivity contribution in [2.45, 2.75) is 0 Å². The van der Waals surface area contributed by atoms with Crippen molar-refractivity contribution in [3.63, 3.8) is 0 Å². The SMILES string of the molecule is C#Cc1ccc(C(=O)NC)cc1C#C. The summed E-state index contributed by atoms with van der Waals surface area (Å²) in [6.07, 6.45) is 10.5. The van der Waals surface area contributed by atoms with Crippen LogP contribution in [0.15, 0.2) is 18.2 Å². The Morgan fingerprint density at radius 1 is 1.29 bits per heavy atom. The van der Waals surface area contributed by atoms with Crippen LogP contribution < -0.4 is 5.32 Å². The van der Waals surface area contributed by atoms with E-state index in [1.165, 1.54) is 0 Å². The van der Waals surface area contributed by atoms with Crippen molar-refractivity contribution >= 4 is 5.91 Å². The lowest BCUT2D eigenvalue weighted by Gasteiger charge is -2.02. The molecule has 0 saturated heterocycles. The monoisotopic (exact) mass is 183 g/mol. The molecule has 0 saturated carbocycles. The molecule has 0 atom stereocenters. The number of carbonyl (C=O) groups is 1. The first-order valence-corrected chi connectivity index (χ1v) is 4.02. The molecule has 0 aromatic heterocycles. The van der Waals surface area contributed by atoms with E-state index in [9.17, 15) is 4.79 Å². The van der Waals surface area contributed by atoms with E-state index in [2.05, 4.69) is 17.2 Å². The maximum absolute atomic E-state index is 11.2. The van der Waals surface area contributed by atoms with Gasteiger partial charge in [-0.2, -0.15) is 0 Å². The first-order chi connectivity index (χ1) is 6.72. The van der Waals surface area contributed by atoms with Crippen LogP contribution in [-0.2, 0) is 0 Å². The van der Waals surface area contributed by atoms with Crippen LogP contribution in [0.3, 0.4) is 0 Å². The van der Waals surface area contributed by atoms with Gasteiger partial charge in [0.05, 0.1) is 0 Å². The molecule has 1 amide bonds. The van der Waals surface area contributed by atoms with E-state index in [4.69, 9.17) is 12.8 Å². The zero-order valence-corrected chi connectivity index (χ0v) is 7.79. The standard InChI is InChI=1S/C12H9NO/c1-4-9-6-7-11(12(14)13-3)8-10(9)5-2/h1-2,6-8H,3H3,(H,13,14). The van der Waals surface area contributed by atoms with E-state index in [1.54, 1.807) is 25.2 Å². The van der Waals surface area contributed by atoms with Gasteiger partial charge in [-0.3, -0.25) is 4.79 Å². The smallest absolute Gasteiger partial charge is 0.251 e. The summed E-state index contributed by atoms with van der Waals surface area (Å²) in [5, 5.41) is 2.51. The summed E-state index contributed by atoms with van der Waals surface area (Å²) in [6.45, 7) is 0. The van der Waals surface area contributed by atoms with Gasteiger partial charge in [-0.15, -0.1) is 12.8 Å². The molecule has 0 aliphatic rings. The molecule has 2 heteroatoms. The van der Waals surface area contributed by atoms with E-state index in [0.29, 0.717) is 16.7 Å². The van der Waals surface area contributed by atoms with Gasteiger partial charge in [0, 0.05) is 23.7 Å². The average Bonchev–Trinajstić information content (AvgIpc) is 2.26. The number of nitrogens with one attached hydrogen (secondary N) is 1. The minimum Gasteiger partial charge on any atom is -0.355 e. The van der Waals surface area contributed by atoms with Crippen LogP contribution in [-0.4, -0.2) is 13.0 Å². The number of terminal acetylenes is 2. The molecule has 0 unspecified atom stereocenters. The number of hydrogen-bond acceptors (Lipinski definition) is 1. The highest BCUT2D eigenvalue weighted by Gasteiger charge is 2.05. The second-order valence-electron chi connectivity index (χ2n) is 2.63. The normalized spacial score (nSPS) is 8.50. The van der Waals surface area contributed by atoms with Gasteiger partial charge in [0.1, 0.15) is 0 Å². The Hall–Kier alpha value is -2.19. The molecular formula is C12H9NO. The van der Waals surface area contributed by atoms with Crippen LogP contribution in [0.4, 0.5) is 0 Å². The molecule has 1 aromatic carbocycles. The molecule has 1 aromatic rings. The molecule has 2 nitrogen and oxygen atoms in total. The summed E-state index contributed by atoms with van der Waals surface area (Å²) in [6, 6.07) is 4.92. The summed E-state index contributed by atoms with van der Waals surface area (Å²) >= 11 is 0. The fraction of sp³-hybridized carbons (Fsp3) is 0.0833. The zero-order chi connectivity index (χ0) is 10.6. The third-order valence-electron chi connectivity index (χ3n) is 1.82. The Morgan fingerprint density at radius 2 is 1.93 bits per heavy atom. The molecule has 0 aliphatic heterocycles. The van der Waals surface area contributed by atoms with Crippen LogP contribution in [0.2, 0.25) is 0 Å². The van der Waals surface area contributed by atoms with Crippen LogP contribution in [0, 0.1) is 24.7 Å². The van der Waals surface area contributed by atoms with Gasteiger partial charge in [0.15, 0.2) is 0 Å². The fourth-order valence-electron chi connectivity index (χ4n) is 1.08. The fourth-order valence-corrected chi connectivity index (χ4v) is 1.08. The molecule has 0 radical (unpaired) electrons. The topological polar surface area (TPSA) is 29.1 Å². The van der Waals surface area contributed by atoms with Gasteiger partial charge < -0.3 is 5.32 Å². The Bertz CT molecular complexity index is 446. The molecule has 68 valence electrons. The molecule has 0 bridgehead atoms. The lowest BCUT2D eigenvalue weighted by molar-refractivity contribution is 0.0963.